The number of carbonyl (C=O) groups excluding carboxylic acids is 2. The normalized spacial score (nSPS) is 17.3. The minimum atomic E-state index is -0.337. The van der Waals surface area contributed by atoms with Gasteiger partial charge in [-0.25, -0.2) is 4.79 Å². The molecular formula is C20H26Cl3N3O2. The van der Waals surface area contributed by atoms with E-state index in [4.69, 9.17) is 34.8 Å². The third kappa shape index (κ3) is 5.63. The van der Waals surface area contributed by atoms with Gasteiger partial charge in [-0.2, -0.15) is 0 Å². The topological polar surface area (TPSA) is 52.7 Å². The Bertz CT molecular complexity index is 774. The van der Waals surface area contributed by atoms with Crippen molar-refractivity contribution in [2.24, 2.45) is 0 Å². The van der Waals surface area contributed by atoms with Crippen LogP contribution in [0.4, 0.5) is 4.79 Å². The van der Waals surface area contributed by atoms with Gasteiger partial charge >= 0.3 is 6.03 Å². The third-order valence-electron chi connectivity index (χ3n) is 5.06. The second kappa shape index (κ2) is 9.97. The fourth-order valence-electron chi connectivity index (χ4n) is 3.25. The van der Waals surface area contributed by atoms with E-state index >= 15 is 0 Å². The van der Waals surface area contributed by atoms with E-state index in [9.17, 15) is 9.59 Å². The van der Waals surface area contributed by atoms with E-state index in [-0.39, 0.29) is 34.0 Å². The van der Waals surface area contributed by atoms with Crippen molar-refractivity contribution < 1.29 is 9.59 Å². The predicted octanol–water partition coefficient (Wildman–Crippen LogP) is 4.96. The lowest BCUT2D eigenvalue weighted by atomic mass is 10.0. The number of hydrogen-bond donors (Lipinski definition) is 1. The molecule has 1 heterocycles. The summed E-state index contributed by atoms with van der Waals surface area (Å²) in [6, 6.07) is 3.21. The van der Waals surface area contributed by atoms with Crippen molar-refractivity contribution in [3.63, 3.8) is 0 Å². The summed E-state index contributed by atoms with van der Waals surface area (Å²) < 4.78 is 0. The summed E-state index contributed by atoms with van der Waals surface area (Å²) in [6.45, 7) is 5.22. The standard InChI is InChI=1S/C20H26Cl3N3O2/c1-12(27)11-17(21)16-6-5-15(18(22)19(16)23)13(2)24-20(28)26(4)14-7-9-25(3)10-8-14/h5-6,11,13-14H,7-10H2,1-4H3,(H,24,28)/b17-11-. The minimum Gasteiger partial charge on any atom is -0.331 e. The molecule has 2 rings (SSSR count). The van der Waals surface area contributed by atoms with Crippen LogP contribution in [0.2, 0.25) is 10.0 Å². The Hall–Kier alpha value is -1.27. The number of halogens is 3. The number of allylic oxidation sites excluding steroid dienone is 1. The number of hydrogen-bond acceptors (Lipinski definition) is 3. The van der Waals surface area contributed by atoms with Gasteiger partial charge in [0.15, 0.2) is 5.78 Å². The first-order valence-corrected chi connectivity index (χ1v) is 10.3. The minimum absolute atomic E-state index is 0.146. The second-order valence-corrected chi connectivity index (χ2v) is 8.41. The molecule has 0 radical (unpaired) electrons. The molecule has 0 bridgehead atoms. The summed E-state index contributed by atoms with van der Waals surface area (Å²) in [5.41, 5.74) is 1.17. The van der Waals surface area contributed by atoms with Gasteiger partial charge in [0, 0.05) is 24.7 Å². The van der Waals surface area contributed by atoms with Crippen LogP contribution in [0.25, 0.3) is 5.03 Å². The molecule has 8 heteroatoms. The van der Waals surface area contributed by atoms with Gasteiger partial charge in [-0.1, -0.05) is 46.9 Å². The molecule has 5 nitrogen and oxygen atoms in total. The maximum absolute atomic E-state index is 12.7. The molecule has 1 aromatic carbocycles. The van der Waals surface area contributed by atoms with Crippen LogP contribution in [-0.4, -0.2) is 54.8 Å². The van der Waals surface area contributed by atoms with E-state index < -0.39 is 0 Å². The Balaban J connectivity index is 2.11. The Labute approximate surface area is 181 Å². The Morgan fingerprint density at radius 2 is 1.86 bits per heavy atom. The van der Waals surface area contributed by atoms with Crippen LogP contribution >= 0.6 is 34.8 Å². The fourth-order valence-corrected chi connectivity index (χ4v) is 4.21. The van der Waals surface area contributed by atoms with Crippen LogP contribution in [0, 0.1) is 0 Å². The van der Waals surface area contributed by atoms with Crippen LogP contribution in [0.5, 0.6) is 0 Å². The van der Waals surface area contributed by atoms with Crippen molar-refractivity contribution in [1.29, 1.82) is 0 Å². The van der Waals surface area contributed by atoms with Crippen LogP contribution in [0.1, 0.15) is 43.9 Å². The summed E-state index contributed by atoms with van der Waals surface area (Å²) in [5.74, 6) is -0.182. The van der Waals surface area contributed by atoms with Crippen molar-refractivity contribution in [3.05, 3.63) is 39.4 Å². The molecule has 1 atom stereocenters. The van der Waals surface area contributed by atoms with Crippen molar-refractivity contribution in [3.8, 4) is 0 Å². The van der Waals surface area contributed by atoms with Gasteiger partial charge < -0.3 is 15.1 Å². The molecule has 1 aliphatic rings. The number of benzene rings is 1. The fraction of sp³-hybridized carbons (Fsp3) is 0.500. The molecule has 1 fully saturated rings. The number of amides is 2. The molecule has 1 aliphatic heterocycles. The van der Waals surface area contributed by atoms with Gasteiger partial charge in [0.1, 0.15) is 0 Å². The summed E-state index contributed by atoms with van der Waals surface area (Å²) in [7, 11) is 3.91. The molecule has 1 N–H and O–H groups in total. The predicted molar refractivity (Wildman–Crippen MR) is 116 cm³/mol. The number of nitrogens with zero attached hydrogens (tertiary/aromatic N) is 2. The summed E-state index contributed by atoms with van der Waals surface area (Å²) in [5, 5.41) is 3.77. The summed E-state index contributed by atoms with van der Waals surface area (Å²) in [4.78, 5) is 27.9. The lowest BCUT2D eigenvalue weighted by Gasteiger charge is -2.35. The molecule has 1 unspecified atom stereocenters. The van der Waals surface area contributed by atoms with Crippen LogP contribution in [-0.2, 0) is 4.79 Å². The van der Waals surface area contributed by atoms with Crippen molar-refractivity contribution in [1.82, 2.24) is 15.1 Å². The maximum atomic E-state index is 12.7. The zero-order chi connectivity index (χ0) is 21.0. The highest BCUT2D eigenvalue weighted by atomic mass is 35.5. The third-order valence-corrected chi connectivity index (χ3v) is 6.27. The molecule has 2 amide bonds. The van der Waals surface area contributed by atoms with Gasteiger partial charge in [0.05, 0.1) is 21.1 Å². The Morgan fingerprint density at radius 1 is 1.25 bits per heavy atom. The average molecular weight is 447 g/mol. The SMILES string of the molecule is CC(=O)/C=C(\Cl)c1ccc(C(C)NC(=O)N(C)C2CCN(C)CC2)c(Cl)c1Cl. The van der Waals surface area contributed by atoms with Gasteiger partial charge in [0.2, 0.25) is 0 Å². The lowest BCUT2D eigenvalue weighted by Crippen LogP contribution is -2.48. The highest BCUT2D eigenvalue weighted by Crippen LogP contribution is 2.37. The van der Waals surface area contributed by atoms with Gasteiger partial charge in [0.25, 0.3) is 0 Å². The van der Waals surface area contributed by atoms with E-state index in [0.29, 0.717) is 16.1 Å². The van der Waals surface area contributed by atoms with E-state index in [0.717, 1.165) is 25.9 Å². The number of urea groups is 1. The molecule has 28 heavy (non-hydrogen) atoms. The largest absolute Gasteiger partial charge is 0.331 e. The zero-order valence-electron chi connectivity index (χ0n) is 16.6. The number of ketones is 1. The Morgan fingerprint density at radius 3 is 2.43 bits per heavy atom. The lowest BCUT2D eigenvalue weighted by molar-refractivity contribution is -0.112. The highest BCUT2D eigenvalue weighted by molar-refractivity contribution is 6.53. The van der Waals surface area contributed by atoms with Gasteiger partial charge in [-0.3, -0.25) is 4.79 Å². The number of rotatable bonds is 5. The molecule has 0 spiro atoms. The smallest absolute Gasteiger partial charge is 0.317 e. The number of nitrogens with one attached hydrogen (secondary N) is 1. The van der Waals surface area contributed by atoms with Crippen LogP contribution < -0.4 is 5.32 Å². The molecule has 1 aromatic rings. The van der Waals surface area contributed by atoms with E-state index in [1.807, 2.05) is 14.0 Å². The monoisotopic (exact) mass is 445 g/mol. The average Bonchev–Trinajstić information content (AvgIpc) is 2.63. The molecule has 0 aliphatic carbocycles. The summed E-state index contributed by atoms with van der Waals surface area (Å²) in [6.07, 6.45) is 3.20. The van der Waals surface area contributed by atoms with Crippen molar-refractivity contribution >= 4 is 51.6 Å². The van der Waals surface area contributed by atoms with Gasteiger partial charge in [-0.15, -0.1) is 0 Å². The molecular weight excluding hydrogens is 421 g/mol. The van der Waals surface area contributed by atoms with Crippen LogP contribution in [0.3, 0.4) is 0 Å². The van der Waals surface area contributed by atoms with E-state index in [1.165, 1.54) is 13.0 Å². The van der Waals surface area contributed by atoms with Crippen molar-refractivity contribution in [2.75, 3.05) is 27.2 Å². The van der Waals surface area contributed by atoms with E-state index in [2.05, 4.69) is 17.3 Å². The first-order valence-electron chi connectivity index (χ1n) is 9.19. The van der Waals surface area contributed by atoms with E-state index in [1.54, 1.807) is 17.0 Å². The molecule has 1 saturated heterocycles. The van der Waals surface area contributed by atoms with Gasteiger partial charge in [-0.05, 0) is 52.4 Å². The number of carbonyl (C=O) groups is 2. The highest BCUT2D eigenvalue weighted by Gasteiger charge is 2.25. The van der Waals surface area contributed by atoms with Crippen molar-refractivity contribution in [2.45, 2.75) is 38.8 Å². The molecule has 154 valence electrons. The second-order valence-electron chi connectivity index (χ2n) is 7.25. The first kappa shape index (κ1) is 23.0. The quantitative estimate of drug-likeness (QED) is 0.650. The zero-order valence-corrected chi connectivity index (χ0v) is 18.8. The summed E-state index contributed by atoms with van der Waals surface area (Å²) >= 11 is 18.9. The molecule has 0 aromatic heterocycles. The Kier molecular flexibility index (Phi) is 8.19. The number of piperidine rings is 1. The number of likely N-dealkylation sites (tertiary alicyclic amines) is 1. The van der Waals surface area contributed by atoms with Crippen LogP contribution in [0.15, 0.2) is 18.2 Å². The molecule has 0 saturated carbocycles. The maximum Gasteiger partial charge on any atom is 0.317 e. The first-order chi connectivity index (χ1) is 13.1.